The molecule has 0 radical (unpaired) electrons. The SMILES string of the molecule is CC(=O)c1c(C)nn(CCC(=O)N2CCN(c3ncnc(C)c3C)CC2)c1C. The molecule has 0 bridgehead atoms. The molecule has 0 atom stereocenters. The second kappa shape index (κ2) is 8.08. The summed E-state index contributed by atoms with van der Waals surface area (Å²) >= 11 is 0. The molecule has 0 aromatic carbocycles. The first-order chi connectivity index (χ1) is 13.3. The van der Waals surface area contributed by atoms with E-state index in [1.54, 1.807) is 17.9 Å². The molecule has 8 heteroatoms. The molecule has 28 heavy (non-hydrogen) atoms. The number of aryl methyl sites for hydroxylation is 3. The Kier molecular flexibility index (Phi) is 5.76. The van der Waals surface area contributed by atoms with Gasteiger partial charge in [0, 0.05) is 56.1 Å². The van der Waals surface area contributed by atoms with Crippen LogP contribution in [0.15, 0.2) is 6.33 Å². The van der Waals surface area contributed by atoms with E-state index in [1.165, 1.54) is 0 Å². The van der Waals surface area contributed by atoms with Gasteiger partial charge in [-0.05, 0) is 34.6 Å². The Bertz CT molecular complexity index is 896. The van der Waals surface area contributed by atoms with Gasteiger partial charge in [-0.25, -0.2) is 9.97 Å². The zero-order valence-electron chi connectivity index (χ0n) is 17.3. The number of carbonyl (C=O) groups is 2. The van der Waals surface area contributed by atoms with Crippen molar-refractivity contribution in [2.45, 2.75) is 47.6 Å². The molecule has 1 aliphatic rings. The van der Waals surface area contributed by atoms with E-state index in [2.05, 4.69) is 20.0 Å². The maximum atomic E-state index is 12.6. The van der Waals surface area contributed by atoms with Crippen LogP contribution < -0.4 is 4.90 Å². The fourth-order valence-corrected chi connectivity index (χ4v) is 3.80. The van der Waals surface area contributed by atoms with E-state index in [0.29, 0.717) is 31.6 Å². The topological polar surface area (TPSA) is 84.2 Å². The lowest BCUT2D eigenvalue weighted by Gasteiger charge is -2.36. The van der Waals surface area contributed by atoms with Crippen molar-refractivity contribution < 1.29 is 9.59 Å². The molecule has 2 aromatic heterocycles. The van der Waals surface area contributed by atoms with Crippen LogP contribution in [0, 0.1) is 27.7 Å². The van der Waals surface area contributed by atoms with Crippen molar-refractivity contribution in [3.8, 4) is 0 Å². The zero-order chi connectivity index (χ0) is 20.4. The van der Waals surface area contributed by atoms with Gasteiger partial charge in [-0.15, -0.1) is 0 Å². The lowest BCUT2D eigenvalue weighted by Crippen LogP contribution is -2.49. The fourth-order valence-electron chi connectivity index (χ4n) is 3.80. The van der Waals surface area contributed by atoms with Crippen molar-refractivity contribution in [1.29, 1.82) is 0 Å². The van der Waals surface area contributed by atoms with Crippen molar-refractivity contribution in [3.05, 3.63) is 34.5 Å². The molecule has 0 unspecified atom stereocenters. The number of hydrogen-bond acceptors (Lipinski definition) is 6. The number of aromatic nitrogens is 4. The van der Waals surface area contributed by atoms with Crippen LogP contribution >= 0.6 is 0 Å². The summed E-state index contributed by atoms with van der Waals surface area (Å²) in [5.74, 6) is 1.09. The van der Waals surface area contributed by atoms with Gasteiger partial charge < -0.3 is 9.80 Å². The number of amides is 1. The molecule has 2 aromatic rings. The average molecular weight is 384 g/mol. The first-order valence-corrected chi connectivity index (χ1v) is 9.65. The van der Waals surface area contributed by atoms with Crippen LogP contribution in [0.5, 0.6) is 0 Å². The van der Waals surface area contributed by atoms with Crippen LogP contribution in [0.1, 0.15) is 46.3 Å². The second-order valence-corrected chi connectivity index (χ2v) is 7.35. The Hall–Kier alpha value is -2.77. The number of nitrogens with zero attached hydrogens (tertiary/aromatic N) is 6. The standard InChI is InChI=1S/C20H28N6O2/c1-13-14(2)21-12-22-20(13)25-10-8-24(9-11-25)18(28)6-7-26-16(4)19(17(5)27)15(3)23-26/h12H,6-11H2,1-5H3. The molecule has 8 nitrogen and oxygen atoms in total. The summed E-state index contributed by atoms with van der Waals surface area (Å²) in [7, 11) is 0. The van der Waals surface area contributed by atoms with Gasteiger partial charge in [-0.1, -0.05) is 0 Å². The quantitative estimate of drug-likeness (QED) is 0.732. The maximum absolute atomic E-state index is 12.6. The Morgan fingerprint density at radius 1 is 1.00 bits per heavy atom. The number of anilines is 1. The Labute approximate surface area is 165 Å². The Morgan fingerprint density at radius 3 is 2.29 bits per heavy atom. The number of ketones is 1. The number of piperazine rings is 1. The summed E-state index contributed by atoms with van der Waals surface area (Å²) in [6.45, 7) is 12.6. The van der Waals surface area contributed by atoms with E-state index in [9.17, 15) is 9.59 Å². The van der Waals surface area contributed by atoms with Crippen LogP contribution in [0.25, 0.3) is 0 Å². The van der Waals surface area contributed by atoms with Crippen molar-refractivity contribution in [3.63, 3.8) is 0 Å². The zero-order valence-corrected chi connectivity index (χ0v) is 17.3. The molecule has 1 amide bonds. The third-order valence-electron chi connectivity index (χ3n) is 5.51. The summed E-state index contributed by atoms with van der Waals surface area (Å²) in [5.41, 5.74) is 4.29. The molecule has 1 fully saturated rings. The van der Waals surface area contributed by atoms with Gasteiger partial charge in [0.25, 0.3) is 0 Å². The summed E-state index contributed by atoms with van der Waals surface area (Å²) in [4.78, 5) is 37.1. The Morgan fingerprint density at radius 2 is 1.68 bits per heavy atom. The highest BCUT2D eigenvalue weighted by Gasteiger charge is 2.23. The predicted molar refractivity (Wildman–Crippen MR) is 107 cm³/mol. The molecule has 0 saturated carbocycles. The summed E-state index contributed by atoms with van der Waals surface area (Å²) in [6.07, 6.45) is 1.98. The summed E-state index contributed by atoms with van der Waals surface area (Å²) < 4.78 is 1.77. The number of rotatable bonds is 5. The van der Waals surface area contributed by atoms with Gasteiger partial charge in [0.05, 0.1) is 11.3 Å². The van der Waals surface area contributed by atoms with Gasteiger partial charge in [-0.3, -0.25) is 14.3 Å². The van der Waals surface area contributed by atoms with Crippen molar-refractivity contribution in [1.82, 2.24) is 24.6 Å². The molecule has 1 aliphatic heterocycles. The first-order valence-electron chi connectivity index (χ1n) is 9.65. The third kappa shape index (κ3) is 3.90. The molecule has 1 saturated heterocycles. The van der Waals surface area contributed by atoms with Crippen LogP contribution in [0.2, 0.25) is 0 Å². The van der Waals surface area contributed by atoms with Gasteiger partial charge in [0.1, 0.15) is 12.1 Å². The maximum Gasteiger partial charge on any atom is 0.224 e. The molecule has 0 spiro atoms. The van der Waals surface area contributed by atoms with Crippen molar-refractivity contribution in [2.75, 3.05) is 31.1 Å². The molecule has 150 valence electrons. The average Bonchev–Trinajstić information content (AvgIpc) is 2.95. The summed E-state index contributed by atoms with van der Waals surface area (Å²) in [5, 5.41) is 4.42. The molecule has 0 N–H and O–H groups in total. The fraction of sp³-hybridized carbons (Fsp3) is 0.550. The first kappa shape index (κ1) is 20.0. The smallest absolute Gasteiger partial charge is 0.224 e. The lowest BCUT2D eigenvalue weighted by molar-refractivity contribution is -0.131. The monoisotopic (exact) mass is 384 g/mol. The second-order valence-electron chi connectivity index (χ2n) is 7.35. The molecular weight excluding hydrogens is 356 g/mol. The van der Waals surface area contributed by atoms with Gasteiger partial charge in [-0.2, -0.15) is 5.10 Å². The van der Waals surface area contributed by atoms with E-state index in [-0.39, 0.29) is 11.7 Å². The normalized spacial score (nSPS) is 14.5. The third-order valence-corrected chi connectivity index (χ3v) is 5.51. The van der Waals surface area contributed by atoms with E-state index in [0.717, 1.165) is 41.6 Å². The predicted octanol–water partition coefficient (Wildman–Crippen LogP) is 1.85. The largest absolute Gasteiger partial charge is 0.353 e. The highest BCUT2D eigenvalue weighted by molar-refractivity contribution is 5.96. The molecule has 3 heterocycles. The minimum Gasteiger partial charge on any atom is -0.353 e. The summed E-state index contributed by atoms with van der Waals surface area (Å²) in [6, 6.07) is 0. The molecular formula is C20H28N6O2. The number of hydrogen-bond donors (Lipinski definition) is 0. The lowest BCUT2D eigenvalue weighted by atomic mass is 10.1. The van der Waals surface area contributed by atoms with Gasteiger partial charge >= 0.3 is 0 Å². The number of Topliss-reactive ketones (excluding diaryl/α,β-unsaturated/α-hetero) is 1. The minimum atomic E-state index is 0.0129. The van der Waals surface area contributed by atoms with Crippen molar-refractivity contribution in [2.24, 2.45) is 0 Å². The van der Waals surface area contributed by atoms with Gasteiger partial charge in [0.15, 0.2) is 5.78 Å². The van der Waals surface area contributed by atoms with E-state index < -0.39 is 0 Å². The van der Waals surface area contributed by atoms with Crippen LogP contribution in [0.3, 0.4) is 0 Å². The van der Waals surface area contributed by atoms with Crippen LogP contribution in [0.4, 0.5) is 5.82 Å². The highest BCUT2D eigenvalue weighted by atomic mass is 16.2. The van der Waals surface area contributed by atoms with Crippen LogP contribution in [-0.4, -0.2) is 62.5 Å². The van der Waals surface area contributed by atoms with Gasteiger partial charge in [0.2, 0.25) is 5.91 Å². The van der Waals surface area contributed by atoms with Crippen molar-refractivity contribution >= 4 is 17.5 Å². The van der Waals surface area contributed by atoms with Crippen LogP contribution in [-0.2, 0) is 11.3 Å². The minimum absolute atomic E-state index is 0.0129. The Balaban J connectivity index is 1.57. The highest BCUT2D eigenvalue weighted by Crippen LogP contribution is 2.20. The number of carbonyl (C=O) groups excluding carboxylic acids is 2. The van der Waals surface area contributed by atoms with E-state index >= 15 is 0 Å². The molecule has 3 rings (SSSR count). The van der Waals surface area contributed by atoms with E-state index in [1.807, 2.05) is 32.6 Å². The molecule has 0 aliphatic carbocycles. The van der Waals surface area contributed by atoms with E-state index in [4.69, 9.17) is 0 Å².